The third kappa shape index (κ3) is 11.4. The number of carboxylic acids is 1. The Labute approximate surface area is 192 Å². The van der Waals surface area contributed by atoms with Crippen molar-refractivity contribution >= 4 is 25.2 Å². The van der Waals surface area contributed by atoms with Crippen LogP contribution in [0.3, 0.4) is 0 Å². The van der Waals surface area contributed by atoms with Crippen molar-refractivity contribution in [3.8, 4) is 0 Å². The number of carbonyl (C=O) groups excluding carboxylic acids is 3. The van der Waals surface area contributed by atoms with Crippen molar-refractivity contribution in [2.24, 2.45) is 5.92 Å². The molecule has 0 radical (unpaired) electrons. The zero-order valence-corrected chi connectivity index (χ0v) is 20.7. The number of ether oxygens (including phenoxy) is 2. The molecule has 0 aliphatic heterocycles. The lowest BCUT2D eigenvalue weighted by Crippen LogP contribution is -2.29. The molecule has 7 nitrogen and oxygen atoms in total. The van der Waals surface area contributed by atoms with Gasteiger partial charge in [-0.3, -0.25) is 4.79 Å². The minimum atomic E-state index is -1.13. The molecule has 1 aromatic rings. The summed E-state index contributed by atoms with van der Waals surface area (Å²) in [4.78, 5) is 33.4. The Morgan fingerprint density at radius 2 is 1.53 bits per heavy atom. The number of esters is 2. The van der Waals surface area contributed by atoms with Gasteiger partial charge >= 0.3 is 11.9 Å². The summed E-state index contributed by atoms with van der Waals surface area (Å²) in [6, 6.07) is 8.06. The minimum Gasteiger partial charge on any atom is -0.545 e. The molecular formula is C24H37O7P. The summed E-state index contributed by atoms with van der Waals surface area (Å²) in [7, 11) is -1.08. The lowest BCUT2D eigenvalue weighted by Gasteiger charge is -2.26. The van der Waals surface area contributed by atoms with Crippen LogP contribution in [0.5, 0.6) is 0 Å². The second-order valence-electron chi connectivity index (χ2n) is 7.69. The Bertz CT molecular complexity index is 721. The Balaban J connectivity index is 0.000000879. The number of aliphatic hydroxyl groups is 1. The van der Waals surface area contributed by atoms with Gasteiger partial charge in [0.25, 0.3) is 0 Å². The van der Waals surface area contributed by atoms with E-state index in [9.17, 15) is 24.6 Å². The van der Waals surface area contributed by atoms with E-state index in [2.05, 4.69) is 27.4 Å². The standard InChI is InChI=1S/C17H32O5P.C7H6O2/c1-7-23(8-2,9-3)12-14(6)17(20)22-11-15(18)10-21-16(19)13(4)5;8-7(9)6-4-2-1-3-5-6/h14-15,18H,4,7-12H2,1-3,5-6H3;1-5H,(H,8,9)/q+1;/p-1. The van der Waals surface area contributed by atoms with E-state index in [1.807, 2.05) is 6.92 Å². The van der Waals surface area contributed by atoms with E-state index >= 15 is 0 Å². The maximum Gasteiger partial charge on any atom is 0.333 e. The quantitative estimate of drug-likeness (QED) is 0.285. The fourth-order valence-electron chi connectivity index (χ4n) is 2.95. The summed E-state index contributed by atoms with van der Waals surface area (Å²) in [5.74, 6) is -2.16. The Morgan fingerprint density at radius 3 is 1.94 bits per heavy atom. The van der Waals surface area contributed by atoms with Crippen molar-refractivity contribution in [3.63, 3.8) is 0 Å². The SMILES string of the molecule is C=C(C)C(=O)OCC(O)COC(=O)C(C)C[P+](CC)(CC)CC.O=C([O-])c1ccccc1. The average Bonchev–Trinajstić information content (AvgIpc) is 2.80. The van der Waals surface area contributed by atoms with E-state index in [1.165, 1.54) is 19.1 Å². The molecule has 0 fully saturated rings. The molecule has 0 saturated heterocycles. The first-order valence-corrected chi connectivity index (χ1v) is 13.3. The van der Waals surface area contributed by atoms with Crippen LogP contribution in [0.4, 0.5) is 0 Å². The van der Waals surface area contributed by atoms with Crippen molar-refractivity contribution in [2.75, 3.05) is 37.9 Å². The molecule has 0 bridgehead atoms. The average molecular weight is 469 g/mol. The molecular weight excluding hydrogens is 431 g/mol. The highest BCUT2D eigenvalue weighted by Gasteiger charge is 2.36. The van der Waals surface area contributed by atoms with Crippen molar-refractivity contribution < 1.29 is 34.1 Å². The number of rotatable bonds is 12. The highest BCUT2D eigenvalue weighted by atomic mass is 31.2. The van der Waals surface area contributed by atoms with Gasteiger partial charge in [0.15, 0.2) is 0 Å². The normalized spacial score (nSPS) is 12.6. The second-order valence-corrected chi connectivity index (χ2v) is 12.6. The predicted octanol–water partition coefficient (Wildman–Crippen LogP) is 2.77. The van der Waals surface area contributed by atoms with Gasteiger partial charge in [-0.15, -0.1) is 0 Å². The zero-order valence-electron chi connectivity index (χ0n) is 19.8. The summed E-state index contributed by atoms with van der Waals surface area (Å²) >= 11 is 0. The van der Waals surface area contributed by atoms with Crippen molar-refractivity contribution in [1.82, 2.24) is 0 Å². The first-order chi connectivity index (χ1) is 15.0. The number of aliphatic hydroxyl groups excluding tert-OH is 1. The molecule has 1 aromatic carbocycles. The summed E-state index contributed by atoms with van der Waals surface area (Å²) in [6.45, 7) is 13.1. The van der Waals surface area contributed by atoms with E-state index < -0.39 is 25.3 Å². The molecule has 0 spiro atoms. The first kappa shape index (κ1) is 29.8. The van der Waals surface area contributed by atoms with Gasteiger partial charge in [0.05, 0.1) is 36.5 Å². The van der Waals surface area contributed by atoms with Crippen LogP contribution in [-0.4, -0.2) is 67.0 Å². The summed E-state index contributed by atoms with van der Waals surface area (Å²) < 4.78 is 9.97. The number of benzene rings is 1. The summed E-state index contributed by atoms with van der Waals surface area (Å²) in [6.07, 6.45) is 3.28. The monoisotopic (exact) mass is 468 g/mol. The number of hydrogen-bond acceptors (Lipinski definition) is 7. The molecule has 2 atom stereocenters. The summed E-state index contributed by atoms with van der Waals surface area (Å²) in [5, 5.41) is 19.8. The second kappa shape index (κ2) is 15.5. The van der Waals surface area contributed by atoms with Gasteiger partial charge in [-0.25, -0.2) is 4.79 Å². The molecule has 0 saturated carbocycles. The topological polar surface area (TPSA) is 113 Å². The van der Waals surface area contributed by atoms with E-state index in [-0.39, 0.29) is 36.2 Å². The van der Waals surface area contributed by atoms with Crippen LogP contribution >= 0.6 is 7.26 Å². The van der Waals surface area contributed by atoms with Gasteiger partial charge in [-0.2, -0.15) is 0 Å². The molecule has 0 heterocycles. The van der Waals surface area contributed by atoms with Crippen LogP contribution in [0.15, 0.2) is 42.5 Å². The largest absolute Gasteiger partial charge is 0.545 e. The van der Waals surface area contributed by atoms with Gasteiger partial charge in [0.2, 0.25) is 0 Å². The maximum atomic E-state index is 12.1. The smallest absolute Gasteiger partial charge is 0.333 e. The minimum absolute atomic E-state index is 0.164. The maximum absolute atomic E-state index is 12.1. The predicted molar refractivity (Wildman–Crippen MR) is 126 cm³/mol. The fourth-order valence-corrected chi connectivity index (χ4v) is 6.38. The molecule has 8 heteroatoms. The van der Waals surface area contributed by atoms with Gasteiger partial charge in [-0.05, 0) is 40.2 Å². The first-order valence-electron chi connectivity index (χ1n) is 10.8. The van der Waals surface area contributed by atoms with Crippen LogP contribution in [-0.2, 0) is 19.1 Å². The van der Waals surface area contributed by atoms with E-state index in [0.29, 0.717) is 0 Å². The van der Waals surface area contributed by atoms with Crippen molar-refractivity contribution in [1.29, 1.82) is 0 Å². The zero-order chi connectivity index (χ0) is 24.7. The van der Waals surface area contributed by atoms with Crippen LogP contribution in [0.1, 0.15) is 45.0 Å². The molecule has 0 aromatic heterocycles. The van der Waals surface area contributed by atoms with E-state index in [0.717, 1.165) is 24.6 Å². The number of hydrogen-bond donors (Lipinski definition) is 1. The van der Waals surface area contributed by atoms with E-state index in [4.69, 9.17) is 9.47 Å². The number of carboxylic acid groups (broad SMARTS) is 1. The van der Waals surface area contributed by atoms with Crippen molar-refractivity contribution in [3.05, 3.63) is 48.0 Å². The highest BCUT2D eigenvalue weighted by Crippen LogP contribution is 2.58. The number of carbonyl (C=O) groups is 3. The lowest BCUT2D eigenvalue weighted by molar-refractivity contribution is -0.255. The van der Waals surface area contributed by atoms with Gasteiger partial charge in [0, 0.05) is 12.8 Å². The number of aromatic carboxylic acids is 1. The molecule has 0 aliphatic rings. The lowest BCUT2D eigenvalue weighted by atomic mass is 10.2. The van der Waals surface area contributed by atoms with Crippen LogP contribution in [0.25, 0.3) is 0 Å². The van der Waals surface area contributed by atoms with Gasteiger partial charge < -0.3 is 24.5 Å². The molecule has 0 amide bonds. The Morgan fingerprint density at radius 1 is 1.03 bits per heavy atom. The highest BCUT2D eigenvalue weighted by molar-refractivity contribution is 7.75. The molecule has 2 unspecified atom stereocenters. The molecule has 1 rings (SSSR count). The Hall–Kier alpha value is -2.24. The van der Waals surface area contributed by atoms with E-state index in [1.54, 1.807) is 18.2 Å². The molecule has 32 heavy (non-hydrogen) atoms. The van der Waals surface area contributed by atoms with Crippen LogP contribution in [0.2, 0.25) is 0 Å². The van der Waals surface area contributed by atoms with Gasteiger partial charge in [-0.1, -0.05) is 36.9 Å². The fraction of sp³-hybridized carbons (Fsp3) is 0.542. The van der Waals surface area contributed by atoms with Gasteiger partial charge in [0.1, 0.15) is 19.3 Å². The molecule has 1 N–H and O–H groups in total. The molecule has 180 valence electrons. The van der Waals surface area contributed by atoms with Crippen molar-refractivity contribution in [2.45, 2.75) is 40.7 Å². The van der Waals surface area contributed by atoms with Crippen LogP contribution < -0.4 is 5.11 Å². The third-order valence-corrected chi connectivity index (χ3v) is 10.6. The molecule has 0 aliphatic carbocycles. The Kier molecular flexibility index (Phi) is 14.5. The van der Waals surface area contributed by atoms with Crippen LogP contribution in [0, 0.1) is 5.92 Å². The summed E-state index contributed by atoms with van der Waals surface area (Å²) in [5.41, 5.74) is 0.485. The third-order valence-electron chi connectivity index (χ3n) is 5.26.